The predicted octanol–water partition coefficient (Wildman–Crippen LogP) is 4.71. The van der Waals surface area contributed by atoms with Crippen molar-refractivity contribution >= 4 is 40.6 Å². The topological polar surface area (TPSA) is 63.1 Å². The van der Waals surface area contributed by atoms with Crippen LogP contribution in [0.25, 0.3) is 11.4 Å². The summed E-state index contributed by atoms with van der Waals surface area (Å²) in [5, 5.41) is 12.7. The van der Waals surface area contributed by atoms with Gasteiger partial charge in [0, 0.05) is 42.1 Å². The number of hydrogen-bond acceptors (Lipinski definition) is 5. The quantitative estimate of drug-likeness (QED) is 0.525. The molecule has 8 heteroatoms. The summed E-state index contributed by atoms with van der Waals surface area (Å²) >= 11 is 7.21. The Morgan fingerprint density at radius 1 is 1.07 bits per heavy atom. The van der Waals surface area contributed by atoms with Crippen molar-refractivity contribution in [3.63, 3.8) is 0 Å². The SMILES string of the molecule is CCN(CC)c1ccc(-c2nnc(SCC(=O)Nc3ccc(Cl)cc3)n2C)cc1. The monoisotopic (exact) mass is 429 g/mol. The largest absolute Gasteiger partial charge is 0.372 e. The predicted molar refractivity (Wildman–Crippen MR) is 121 cm³/mol. The molecule has 0 aliphatic carbocycles. The fourth-order valence-corrected chi connectivity index (χ4v) is 3.80. The molecule has 0 bridgehead atoms. The highest BCUT2D eigenvalue weighted by Gasteiger charge is 2.13. The van der Waals surface area contributed by atoms with Crippen molar-refractivity contribution in [2.45, 2.75) is 19.0 Å². The zero-order valence-electron chi connectivity index (χ0n) is 16.7. The lowest BCUT2D eigenvalue weighted by molar-refractivity contribution is -0.113. The van der Waals surface area contributed by atoms with Gasteiger partial charge in [-0.2, -0.15) is 0 Å². The first-order valence-corrected chi connectivity index (χ1v) is 10.8. The smallest absolute Gasteiger partial charge is 0.234 e. The molecule has 6 nitrogen and oxygen atoms in total. The summed E-state index contributed by atoms with van der Waals surface area (Å²) in [4.78, 5) is 14.5. The molecule has 1 aromatic heterocycles. The van der Waals surface area contributed by atoms with Gasteiger partial charge in [0.2, 0.25) is 5.91 Å². The number of thioether (sulfide) groups is 1. The highest BCUT2D eigenvalue weighted by molar-refractivity contribution is 7.99. The second kappa shape index (κ2) is 9.80. The third-order valence-corrected chi connectivity index (χ3v) is 5.82. The minimum absolute atomic E-state index is 0.106. The van der Waals surface area contributed by atoms with Crippen LogP contribution in [0.4, 0.5) is 11.4 Å². The summed E-state index contributed by atoms with van der Waals surface area (Å²) in [5.74, 6) is 0.914. The number of nitrogens with one attached hydrogen (secondary N) is 1. The van der Waals surface area contributed by atoms with E-state index in [1.807, 2.05) is 11.6 Å². The van der Waals surface area contributed by atoms with Gasteiger partial charge in [0.1, 0.15) is 0 Å². The molecule has 29 heavy (non-hydrogen) atoms. The van der Waals surface area contributed by atoms with Crippen LogP contribution in [0, 0.1) is 0 Å². The van der Waals surface area contributed by atoms with Crippen molar-refractivity contribution in [2.24, 2.45) is 7.05 Å². The number of anilines is 2. The van der Waals surface area contributed by atoms with E-state index in [1.165, 1.54) is 17.4 Å². The van der Waals surface area contributed by atoms with Gasteiger partial charge in [-0.05, 0) is 62.4 Å². The molecule has 1 amide bonds. The molecule has 0 aliphatic rings. The van der Waals surface area contributed by atoms with Crippen LogP contribution in [0.1, 0.15) is 13.8 Å². The number of amides is 1. The summed E-state index contributed by atoms with van der Waals surface area (Å²) in [5.41, 5.74) is 2.90. The number of hydrogen-bond donors (Lipinski definition) is 1. The van der Waals surface area contributed by atoms with Gasteiger partial charge >= 0.3 is 0 Å². The molecule has 2 aromatic carbocycles. The highest BCUT2D eigenvalue weighted by Crippen LogP contribution is 2.25. The van der Waals surface area contributed by atoms with E-state index in [0.29, 0.717) is 15.9 Å². The number of aromatic nitrogens is 3. The molecular weight excluding hydrogens is 406 g/mol. The Bertz CT molecular complexity index is 952. The summed E-state index contributed by atoms with van der Waals surface area (Å²) < 4.78 is 1.91. The first-order valence-electron chi connectivity index (χ1n) is 9.44. The van der Waals surface area contributed by atoms with Gasteiger partial charge in [0.15, 0.2) is 11.0 Å². The number of halogens is 1. The zero-order chi connectivity index (χ0) is 20.8. The Morgan fingerprint density at radius 3 is 2.34 bits per heavy atom. The average Bonchev–Trinajstić information content (AvgIpc) is 3.10. The second-order valence-corrected chi connectivity index (χ2v) is 7.81. The highest BCUT2D eigenvalue weighted by atomic mass is 35.5. The fourth-order valence-electron chi connectivity index (χ4n) is 2.96. The Balaban J connectivity index is 1.63. The third-order valence-electron chi connectivity index (χ3n) is 4.55. The van der Waals surface area contributed by atoms with Crippen LogP contribution in [0.2, 0.25) is 5.02 Å². The number of nitrogens with zero attached hydrogens (tertiary/aromatic N) is 4. The van der Waals surface area contributed by atoms with Crippen molar-refractivity contribution in [2.75, 3.05) is 29.1 Å². The molecule has 3 rings (SSSR count). The first-order chi connectivity index (χ1) is 14.0. The molecule has 0 atom stereocenters. The molecule has 1 heterocycles. The maximum absolute atomic E-state index is 12.2. The summed E-state index contributed by atoms with van der Waals surface area (Å²) in [6.45, 7) is 6.23. The summed E-state index contributed by atoms with van der Waals surface area (Å²) in [7, 11) is 1.91. The maximum atomic E-state index is 12.2. The molecule has 152 valence electrons. The maximum Gasteiger partial charge on any atom is 0.234 e. The van der Waals surface area contributed by atoms with Gasteiger partial charge in [0.25, 0.3) is 0 Å². The zero-order valence-corrected chi connectivity index (χ0v) is 18.3. The summed E-state index contributed by atoms with van der Waals surface area (Å²) in [6.07, 6.45) is 0. The van der Waals surface area contributed by atoms with Crippen molar-refractivity contribution < 1.29 is 4.79 Å². The van der Waals surface area contributed by atoms with E-state index in [0.717, 1.165) is 24.5 Å². The van der Waals surface area contributed by atoms with E-state index >= 15 is 0 Å². The third kappa shape index (κ3) is 5.31. The first kappa shape index (κ1) is 21.2. The van der Waals surface area contributed by atoms with Crippen LogP contribution in [-0.4, -0.2) is 39.5 Å². The molecule has 0 aliphatic heterocycles. The minimum atomic E-state index is -0.106. The molecule has 3 aromatic rings. The normalized spacial score (nSPS) is 10.8. The van der Waals surface area contributed by atoms with E-state index in [9.17, 15) is 4.79 Å². The molecular formula is C21H24ClN5OS. The number of carbonyl (C=O) groups is 1. The molecule has 0 radical (unpaired) electrons. The number of rotatable bonds is 8. The van der Waals surface area contributed by atoms with Crippen LogP contribution in [0.5, 0.6) is 0 Å². The molecule has 0 unspecified atom stereocenters. The minimum Gasteiger partial charge on any atom is -0.372 e. The van der Waals surface area contributed by atoms with E-state index < -0.39 is 0 Å². The van der Waals surface area contributed by atoms with Gasteiger partial charge in [-0.25, -0.2) is 0 Å². The number of carbonyl (C=O) groups excluding carboxylic acids is 1. The molecule has 0 saturated carbocycles. The lowest BCUT2D eigenvalue weighted by Gasteiger charge is -2.21. The van der Waals surface area contributed by atoms with Gasteiger partial charge in [0.05, 0.1) is 5.75 Å². The van der Waals surface area contributed by atoms with Crippen molar-refractivity contribution in [1.82, 2.24) is 14.8 Å². The standard InChI is InChI=1S/C21H24ClN5OS/c1-4-27(5-2)18-12-6-15(7-13-18)20-24-25-21(26(20)3)29-14-19(28)23-17-10-8-16(22)9-11-17/h6-13H,4-5,14H2,1-3H3,(H,23,28). The Hall–Kier alpha value is -2.51. The lowest BCUT2D eigenvalue weighted by Crippen LogP contribution is -2.21. The van der Waals surface area contributed by atoms with Crippen LogP contribution >= 0.6 is 23.4 Å². The van der Waals surface area contributed by atoms with E-state index in [-0.39, 0.29) is 11.7 Å². The van der Waals surface area contributed by atoms with E-state index in [2.05, 4.69) is 58.5 Å². The Morgan fingerprint density at radius 2 is 1.72 bits per heavy atom. The Labute approximate surface area is 180 Å². The van der Waals surface area contributed by atoms with E-state index in [4.69, 9.17) is 11.6 Å². The van der Waals surface area contributed by atoms with Crippen LogP contribution < -0.4 is 10.2 Å². The number of benzene rings is 2. The van der Waals surface area contributed by atoms with Crippen molar-refractivity contribution in [3.8, 4) is 11.4 Å². The van der Waals surface area contributed by atoms with Crippen molar-refractivity contribution in [1.29, 1.82) is 0 Å². The van der Waals surface area contributed by atoms with Gasteiger partial charge in [-0.1, -0.05) is 23.4 Å². The van der Waals surface area contributed by atoms with Crippen LogP contribution in [0.15, 0.2) is 53.7 Å². The summed E-state index contributed by atoms with van der Waals surface area (Å²) in [6, 6.07) is 15.3. The Kier molecular flexibility index (Phi) is 7.17. The molecule has 0 saturated heterocycles. The van der Waals surface area contributed by atoms with Gasteiger partial charge in [-0.15, -0.1) is 10.2 Å². The van der Waals surface area contributed by atoms with Crippen LogP contribution in [0.3, 0.4) is 0 Å². The average molecular weight is 430 g/mol. The molecule has 0 spiro atoms. The van der Waals surface area contributed by atoms with E-state index in [1.54, 1.807) is 24.3 Å². The fraction of sp³-hybridized carbons (Fsp3) is 0.286. The van der Waals surface area contributed by atoms with Crippen LogP contribution in [-0.2, 0) is 11.8 Å². The molecule has 1 N–H and O–H groups in total. The van der Waals surface area contributed by atoms with Crippen molar-refractivity contribution in [3.05, 3.63) is 53.6 Å². The molecule has 0 fully saturated rings. The van der Waals surface area contributed by atoms with Gasteiger partial charge < -0.3 is 14.8 Å². The lowest BCUT2D eigenvalue weighted by atomic mass is 10.2. The van der Waals surface area contributed by atoms with Gasteiger partial charge in [-0.3, -0.25) is 4.79 Å². The second-order valence-electron chi connectivity index (χ2n) is 6.43.